The fourth-order valence-electron chi connectivity index (χ4n) is 2.66. The van der Waals surface area contributed by atoms with Crippen molar-refractivity contribution in [3.8, 4) is 5.75 Å². The molecule has 1 saturated heterocycles. The standard InChI is InChI=1S/C17H18ClN5O3/c18-12-2-3-14(13(10-12)16(19)25)26-11-15(24)22-6-8-23(9-7-22)17-20-4-1-5-21-17/h1-5,10H,6-9,11H2,(H2,19,25). The van der Waals surface area contributed by atoms with Crippen molar-refractivity contribution in [1.29, 1.82) is 0 Å². The molecule has 2 heterocycles. The number of primary amides is 1. The largest absolute Gasteiger partial charge is 0.483 e. The Kier molecular flexibility index (Phi) is 5.52. The van der Waals surface area contributed by atoms with E-state index in [9.17, 15) is 9.59 Å². The van der Waals surface area contributed by atoms with Crippen LogP contribution in [0.3, 0.4) is 0 Å². The lowest BCUT2D eigenvalue weighted by Gasteiger charge is -2.34. The number of piperazine rings is 1. The number of amides is 2. The van der Waals surface area contributed by atoms with Gasteiger partial charge in [-0.3, -0.25) is 9.59 Å². The molecule has 0 spiro atoms. The van der Waals surface area contributed by atoms with Crippen LogP contribution in [0, 0.1) is 0 Å². The van der Waals surface area contributed by atoms with Crippen LogP contribution in [0.15, 0.2) is 36.7 Å². The average molecular weight is 376 g/mol. The van der Waals surface area contributed by atoms with Crippen molar-refractivity contribution in [2.24, 2.45) is 5.73 Å². The molecule has 9 heteroatoms. The Hall–Kier alpha value is -2.87. The topological polar surface area (TPSA) is 102 Å². The van der Waals surface area contributed by atoms with Crippen molar-refractivity contribution in [3.05, 3.63) is 47.2 Å². The molecule has 0 atom stereocenters. The van der Waals surface area contributed by atoms with Gasteiger partial charge in [-0.2, -0.15) is 0 Å². The summed E-state index contributed by atoms with van der Waals surface area (Å²) in [6.45, 7) is 2.20. The van der Waals surface area contributed by atoms with Crippen LogP contribution in [0.2, 0.25) is 5.02 Å². The van der Waals surface area contributed by atoms with Gasteiger partial charge < -0.3 is 20.3 Å². The molecular weight excluding hydrogens is 358 g/mol. The van der Waals surface area contributed by atoms with Crippen LogP contribution in [-0.4, -0.2) is 59.5 Å². The van der Waals surface area contributed by atoms with Crippen LogP contribution in [0.4, 0.5) is 5.95 Å². The summed E-state index contributed by atoms with van der Waals surface area (Å²) in [5.74, 6) is 0.0742. The number of nitrogens with zero attached hydrogens (tertiary/aromatic N) is 4. The van der Waals surface area contributed by atoms with E-state index in [2.05, 4.69) is 9.97 Å². The highest BCUT2D eigenvalue weighted by Gasteiger charge is 2.23. The zero-order chi connectivity index (χ0) is 18.5. The normalized spacial score (nSPS) is 14.2. The van der Waals surface area contributed by atoms with Crippen molar-refractivity contribution < 1.29 is 14.3 Å². The van der Waals surface area contributed by atoms with E-state index < -0.39 is 5.91 Å². The third kappa shape index (κ3) is 4.20. The minimum atomic E-state index is -0.661. The molecule has 1 aromatic carbocycles. The Morgan fingerprint density at radius 2 is 1.85 bits per heavy atom. The maximum absolute atomic E-state index is 12.4. The molecule has 0 radical (unpaired) electrons. The number of nitrogens with two attached hydrogens (primary N) is 1. The van der Waals surface area contributed by atoms with E-state index in [-0.39, 0.29) is 23.8 Å². The van der Waals surface area contributed by atoms with Crippen LogP contribution < -0.4 is 15.4 Å². The van der Waals surface area contributed by atoms with Gasteiger partial charge in [0.25, 0.3) is 11.8 Å². The van der Waals surface area contributed by atoms with Crippen LogP contribution in [0.25, 0.3) is 0 Å². The van der Waals surface area contributed by atoms with Gasteiger partial charge in [-0.15, -0.1) is 0 Å². The number of halogens is 1. The van der Waals surface area contributed by atoms with Crippen LogP contribution >= 0.6 is 11.6 Å². The highest BCUT2D eigenvalue weighted by molar-refractivity contribution is 6.31. The number of anilines is 1. The first kappa shape index (κ1) is 17.9. The number of aromatic nitrogens is 2. The second-order valence-electron chi connectivity index (χ2n) is 5.71. The van der Waals surface area contributed by atoms with Gasteiger partial charge in [0.1, 0.15) is 5.75 Å². The summed E-state index contributed by atoms with van der Waals surface area (Å²) in [5.41, 5.74) is 5.46. The quantitative estimate of drug-likeness (QED) is 0.835. The van der Waals surface area contributed by atoms with E-state index in [1.54, 1.807) is 29.4 Å². The molecule has 3 rings (SSSR count). The minimum absolute atomic E-state index is 0.149. The third-order valence-electron chi connectivity index (χ3n) is 4.03. The van der Waals surface area contributed by atoms with E-state index in [1.165, 1.54) is 12.1 Å². The van der Waals surface area contributed by atoms with Gasteiger partial charge in [0.2, 0.25) is 5.95 Å². The van der Waals surface area contributed by atoms with Gasteiger partial charge in [0, 0.05) is 43.6 Å². The molecule has 2 amide bonds. The summed E-state index contributed by atoms with van der Waals surface area (Å²) in [6.07, 6.45) is 3.38. The number of hydrogen-bond acceptors (Lipinski definition) is 6. The monoisotopic (exact) mass is 375 g/mol. The Morgan fingerprint density at radius 1 is 1.15 bits per heavy atom. The first-order valence-electron chi connectivity index (χ1n) is 8.06. The van der Waals surface area contributed by atoms with Gasteiger partial charge in [-0.1, -0.05) is 11.6 Å². The van der Waals surface area contributed by atoms with Crippen molar-refractivity contribution in [1.82, 2.24) is 14.9 Å². The SMILES string of the molecule is NC(=O)c1cc(Cl)ccc1OCC(=O)N1CCN(c2ncccn2)CC1. The summed E-state index contributed by atoms with van der Waals surface area (Å²) in [4.78, 5) is 36.0. The number of carbonyl (C=O) groups is 2. The fraction of sp³-hybridized carbons (Fsp3) is 0.294. The highest BCUT2D eigenvalue weighted by atomic mass is 35.5. The summed E-state index contributed by atoms with van der Waals surface area (Å²) in [7, 11) is 0. The molecule has 0 aliphatic carbocycles. The van der Waals surface area contributed by atoms with E-state index in [4.69, 9.17) is 22.1 Å². The molecule has 0 bridgehead atoms. The lowest BCUT2D eigenvalue weighted by Crippen LogP contribution is -2.50. The van der Waals surface area contributed by atoms with E-state index in [0.717, 1.165) is 0 Å². The second kappa shape index (κ2) is 8.01. The van der Waals surface area contributed by atoms with Gasteiger partial charge in [-0.25, -0.2) is 9.97 Å². The number of hydrogen-bond donors (Lipinski definition) is 1. The summed E-state index contributed by atoms with van der Waals surface area (Å²) >= 11 is 5.86. The Labute approximate surface area is 155 Å². The van der Waals surface area contributed by atoms with Gasteiger partial charge in [0.15, 0.2) is 6.61 Å². The lowest BCUT2D eigenvalue weighted by atomic mass is 10.2. The third-order valence-corrected chi connectivity index (χ3v) is 4.26. The second-order valence-corrected chi connectivity index (χ2v) is 6.15. The Balaban J connectivity index is 1.55. The molecule has 26 heavy (non-hydrogen) atoms. The molecule has 0 unspecified atom stereocenters. The van der Waals surface area contributed by atoms with E-state index >= 15 is 0 Å². The van der Waals surface area contributed by atoms with Crippen LogP contribution in [0.1, 0.15) is 10.4 Å². The zero-order valence-corrected chi connectivity index (χ0v) is 14.7. The molecular formula is C17H18ClN5O3. The molecule has 136 valence electrons. The first-order valence-corrected chi connectivity index (χ1v) is 8.44. The van der Waals surface area contributed by atoms with E-state index in [0.29, 0.717) is 37.1 Å². The van der Waals surface area contributed by atoms with Gasteiger partial charge in [-0.05, 0) is 24.3 Å². The van der Waals surface area contributed by atoms with Gasteiger partial charge >= 0.3 is 0 Å². The molecule has 1 aliphatic heterocycles. The van der Waals surface area contributed by atoms with Crippen LogP contribution in [-0.2, 0) is 4.79 Å². The zero-order valence-electron chi connectivity index (χ0n) is 14.0. The number of carbonyl (C=O) groups excluding carboxylic acids is 2. The maximum Gasteiger partial charge on any atom is 0.260 e. The summed E-state index contributed by atoms with van der Waals surface area (Å²) in [6, 6.07) is 6.28. The molecule has 0 saturated carbocycles. The number of rotatable bonds is 5. The predicted molar refractivity (Wildman–Crippen MR) is 96.3 cm³/mol. The first-order chi connectivity index (χ1) is 12.5. The Bertz CT molecular complexity index is 794. The number of benzene rings is 1. The molecule has 1 fully saturated rings. The molecule has 8 nitrogen and oxygen atoms in total. The molecule has 2 N–H and O–H groups in total. The summed E-state index contributed by atoms with van der Waals surface area (Å²) < 4.78 is 5.49. The predicted octanol–water partition coefficient (Wildman–Crippen LogP) is 0.956. The lowest BCUT2D eigenvalue weighted by molar-refractivity contribution is -0.133. The maximum atomic E-state index is 12.4. The van der Waals surface area contributed by atoms with Crippen molar-refractivity contribution in [3.63, 3.8) is 0 Å². The van der Waals surface area contributed by atoms with Crippen molar-refractivity contribution in [2.45, 2.75) is 0 Å². The molecule has 1 aromatic heterocycles. The van der Waals surface area contributed by atoms with Crippen molar-refractivity contribution in [2.75, 3.05) is 37.7 Å². The number of ether oxygens (including phenoxy) is 1. The smallest absolute Gasteiger partial charge is 0.260 e. The van der Waals surface area contributed by atoms with Crippen molar-refractivity contribution >= 4 is 29.4 Å². The summed E-state index contributed by atoms with van der Waals surface area (Å²) in [5, 5.41) is 0.372. The Morgan fingerprint density at radius 3 is 2.50 bits per heavy atom. The molecule has 1 aliphatic rings. The van der Waals surface area contributed by atoms with Crippen LogP contribution in [0.5, 0.6) is 5.75 Å². The van der Waals surface area contributed by atoms with Gasteiger partial charge in [0.05, 0.1) is 5.56 Å². The average Bonchev–Trinajstić information content (AvgIpc) is 2.67. The minimum Gasteiger partial charge on any atom is -0.483 e. The molecule has 2 aromatic rings. The fourth-order valence-corrected chi connectivity index (χ4v) is 2.83. The van der Waals surface area contributed by atoms with E-state index in [1.807, 2.05) is 4.90 Å². The highest BCUT2D eigenvalue weighted by Crippen LogP contribution is 2.22.